The normalized spacial score (nSPS) is 21.4. The second-order valence-electron chi connectivity index (χ2n) is 8.29. The van der Waals surface area contributed by atoms with Crippen molar-refractivity contribution in [2.45, 2.75) is 43.5 Å². The van der Waals surface area contributed by atoms with E-state index >= 15 is 0 Å². The number of piperidine rings is 1. The number of carbonyl (C=O) groups is 1. The summed E-state index contributed by atoms with van der Waals surface area (Å²) in [6.45, 7) is 5.18. The molecule has 1 amide bonds. The highest BCUT2D eigenvalue weighted by molar-refractivity contribution is 8.15. The lowest BCUT2D eigenvalue weighted by atomic mass is 9.84. The molecule has 0 N–H and O–H groups in total. The average Bonchev–Trinajstić information content (AvgIpc) is 2.98. The molecule has 2 aromatic carbocycles. The number of thioether (sulfide) groups is 1. The highest BCUT2D eigenvalue weighted by atomic mass is 32.2. The van der Waals surface area contributed by atoms with Crippen molar-refractivity contribution >= 4 is 17.0 Å². The lowest BCUT2D eigenvalue weighted by Gasteiger charge is -2.42. The van der Waals surface area contributed by atoms with E-state index in [1.54, 1.807) is 0 Å². The van der Waals surface area contributed by atoms with Crippen LogP contribution < -0.4 is 4.74 Å². The van der Waals surface area contributed by atoms with Gasteiger partial charge in [-0.15, -0.1) is 0 Å². The maximum atomic E-state index is 13.4. The van der Waals surface area contributed by atoms with Crippen LogP contribution in [0.2, 0.25) is 0 Å². The van der Waals surface area contributed by atoms with Gasteiger partial charge < -0.3 is 14.5 Å². The number of ether oxygens (including phenoxy) is 1. The Morgan fingerprint density at radius 3 is 2.33 bits per heavy atom. The van der Waals surface area contributed by atoms with Gasteiger partial charge in [0.05, 0.1) is 12.6 Å². The summed E-state index contributed by atoms with van der Waals surface area (Å²) in [6.07, 6.45) is 2.73. The van der Waals surface area contributed by atoms with E-state index in [4.69, 9.17) is 4.74 Å². The molecule has 2 aliphatic heterocycles. The fraction of sp³-hybridized carbons (Fsp3) is 0.458. The van der Waals surface area contributed by atoms with Crippen molar-refractivity contribution in [1.29, 1.82) is 0 Å². The third-order valence-electron chi connectivity index (χ3n) is 6.27. The monoisotopic (exact) mass is 428 g/mol. The minimum atomic E-state index is -0.226. The average molecular weight is 429 g/mol. The zero-order valence-electron chi connectivity index (χ0n) is 17.6. The van der Waals surface area contributed by atoms with Gasteiger partial charge in [-0.2, -0.15) is 0 Å². The number of hydrogen-bond donors (Lipinski definition) is 0. The Kier molecular flexibility index (Phi) is 6.34. The van der Waals surface area contributed by atoms with Gasteiger partial charge in [0.15, 0.2) is 0 Å². The van der Waals surface area contributed by atoms with Gasteiger partial charge in [-0.1, -0.05) is 36.0 Å². The maximum absolute atomic E-state index is 13.4. The molecule has 0 saturated carbocycles. The van der Waals surface area contributed by atoms with Crippen LogP contribution in [0, 0.1) is 5.82 Å². The Morgan fingerprint density at radius 1 is 1.07 bits per heavy atom. The largest absolute Gasteiger partial charge is 0.494 e. The molecule has 2 saturated heterocycles. The van der Waals surface area contributed by atoms with Gasteiger partial charge in [0.2, 0.25) is 0 Å². The van der Waals surface area contributed by atoms with Crippen LogP contribution in [-0.4, -0.2) is 52.6 Å². The molecular formula is C24H29FN2O2S. The zero-order valence-corrected chi connectivity index (χ0v) is 18.5. The summed E-state index contributed by atoms with van der Waals surface area (Å²) >= 11 is 1.52. The third-order valence-corrected chi connectivity index (χ3v) is 7.77. The molecule has 0 aliphatic carbocycles. The number of amides is 1. The molecule has 1 atom stereocenters. The molecule has 4 rings (SSSR count). The van der Waals surface area contributed by atoms with Crippen LogP contribution >= 0.6 is 11.8 Å². The zero-order chi connectivity index (χ0) is 21.1. The van der Waals surface area contributed by atoms with E-state index in [2.05, 4.69) is 11.9 Å². The Hall–Kier alpha value is -2.05. The Labute approximate surface area is 182 Å². The predicted octanol–water partition coefficient (Wildman–Crippen LogP) is 4.97. The molecule has 4 nitrogen and oxygen atoms in total. The first kappa shape index (κ1) is 21.2. The first-order valence-electron chi connectivity index (χ1n) is 10.6. The molecule has 0 aromatic heterocycles. The van der Waals surface area contributed by atoms with E-state index in [1.807, 2.05) is 48.2 Å². The fourth-order valence-corrected chi connectivity index (χ4v) is 5.90. The third kappa shape index (κ3) is 4.49. The molecule has 30 heavy (non-hydrogen) atoms. The Morgan fingerprint density at radius 2 is 1.70 bits per heavy atom. The number of halogens is 1. The van der Waals surface area contributed by atoms with Crippen LogP contribution in [0.25, 0.3) is 0 Å². The topological polar surface area (TPSA) is 32.8 Å². The van der Waals surface area contributed by atoms with Crippen LogP contribution in [0.4, 0.5) is 9.18 Å². The summed E-state index contributed by atoms with van der Waals surface area (Å²) in [7, 11) is 2.14. The summed E-state index contributed by atoms with van der Waals surface area (Å²) in [4.78, 5) is 17.5. The van der Waals surface area contributed by atoms with Crippen molar-refractivity contribution < 1.29 is 13.9 Å². The molecule has 2 heterocycles. The summed E-state index contributed by atoms with van der Waals surface area (Å²) in [5.41, 5.74) is 2.17. The van der Waals surface area contributed by atoms with Gasteiger partial charge in [-0.05, 0) is 81.7 Å². The number of likely N-dealkylation sites (tertiary alicyclic amines) is 1. The quantitative estimate of drug-likeness (QED) is 0.650. The molecule has 2 aromatic rings. The van der Waals surface area contributed by atoms with Crippen LogP contribution in [0.3, 0.4) is 0 Å². The second kappa shape index (κ2) is 8.98. The number of nitrogens with zero attached hydrogens (tertiary/aromatic N) is 2. The Balaban J connectivity index is 1.59. The summed E-state index contributed by atoms with van der Waals surface area (Å²) in [5.74, 6) is 0.619. The van der Waals surface area contributed by atoms with Gasteiger partial charge in [-0.3, -0.25) is 4.79 Å². The molecule has 160 valence electrons. The number of benzene rings is 2. The van der Waals surface area contributed by atoms with E-state index in [-0.39, 0.29) is 21.8 Å². The van der Waals surface area contributed by atoms with E-state index in [9.17, 15) is 9.18 Å². The van der Waals surface area contributed by atoms with Gasteiger partial charge in [0.25, 0.3) is 5.24 Å². The van der Waals surface area contributed by atoms with Gasteiger partial charge in [0, 0.05) is 11.3 Å². The first-order valence-corrected chi connectivity index (χ1v) is 11.4. The highest BCUT2D eigenvalue weighted by Gasteiger charge is 2.53. The Bertz CT molecular complexity index is 864. The minimum Gasteiger partial charge on any atom is -0.494 e. The molecule has 0 bridgehead atoms. The lowest BCUT2D eigenvalue weighted by molar-refractivity contribution is 0.149. The van der Waals surface area contributed by atoms with Crippen LogP contribution in [0.15, 0.2) is 48.5 Å². The number of carbonyl (C=O) groups excluding carboxylic acids is 1. The number of rotatable bonds is 6. The predicted molar refractivity (Wildman–Crippen MR) is 119 cm³/mol. The molecular weight excluding hydrogens is 399 g/mol. The molecule has 0 radical (unpaired) electrons. The van der Waals surface area contributed by atoms with E-state index in [0.717, 1.165) is 49.2 Å². The van der Waals surface area contributed by atoms with Crippen LogP contribution in [0.5, 0.6) is 5.75 Å². The second-order valence-corrected chi connectivity index (χ2v) is 9.65. The van der Waals surface area contributed by atoms with Crippen molar-refractivity contribution in [2.75, 3.05) is 26.7 Å². The lowest BCUT2D eigenvalue weighted by Crippen LogP contribution is -2.51. The molecule has 2 fully saturated rings. The smallest absolute Gasteiger partial charge is 0.282 e. The summed E-state index contributed by atoms with van der Waals surface area (Å²) in [6, 6.07) is 14.8. The molecule has 1 unspecified atom stereocenters. The van der Waals surface area contributed by atoms with E-state index < -0.39 is 0 Å². The van der Waals surface area contributed by atoms with Gasteiger partial charge in [0.1, 0.15) is 11.6 Å². The fourth-order valence-electron chi connectivity index (χ4n) is 4.51. The van der Waals surface area contributed by atoms with E-state index in [0.29, 0.717) is 13.2 Å². The molecule has 2 aliphatic rings. The molecule has 6 heteroatoms. The van der Waals surface area contributed by atoms with Gasteiger partial charge in [-0.25, -0.2) is 4.39 Å². The van der Waals surface area contributed by atoms with Crippen molar-refractivity contribution in [2.24, 2.45) is 0 Å². The number of hydrogen-bond acceptors (Lipinski definition) is 4. The summed E-state index contributed by atoms with van der Waals surface area (Å²) < 4.78 is 18.9. The first-order chi connectivity index (χ1) is 14.5. The van der Waals surface area contributed by atoms with Crippen molar-refractivity contribution in [1.82, 2.24) is 9.80 Å². The van der Waals surface area contributed by atoms with Crippen molar-refractivity contribution in [3.8, 4) is 5.75 Å². The maximum Gasteiger partial charge on any atom is 0.282 e. The van der Waals surface area contributed by atoms with Crippen LogP contribution in [0.1, 0.15) is 30.9 Å². The highest BCUT2D eigenvalue weighted by Crippen LogP contribution is 2.49. The van der Waals surface area contributed by atoms with Crippen molar-refractivity contribution in [3.63, 3.8) is 0 Å². The van der Waals surface area contributed by atoms with Crippen LogP contribution in [-0.2, 0) is 13.0 Å². The summed E-state index contributed by atoms with van der Waals surface area (Å²) in [5, 5.41) is 0.153. The SMILES string of the molecule is CCOc1ccc(CN2C(=O)SC3(CCN(C)CC3)C2Cc2ccc(F)cc2)cc1. The van der Waals surface area contributed by atoms with Gasteiger partial charge >= 0.3 is 0 Å². The minimum absolute atomic E-state index is 0.0801. The molecule has 1 spiro atoms. The van der Waals surface area contributed by atoms with Crippen molar-refractivity contribution in [3.05, 3.63) is 65.5 Å². The van der Waals surface area contributed by atoms with E-state index in [1.165, 1.54) is 23.9 Å². The standard InChI is InChI=1S/C24H29FN2O2S/c1-3-29-21-10-6-19(7-11-21)17-27-22(16-18-4-8-20(25)9-5-18)24(30-23(27)28)12-14-26(2)15-13-24/h4-11,22H,3,12-17H2,1-2H3.